The zero-order valence-electron chi connectivity index (χ0n) is 11.9. The molecule has 0 atom stereocenters. The van der Waals surface area contributed by atoms with Gasteiger partial charge in [0.25, 0.3) is 0 Å². The maximum atomic E-state index is 6.11. The average Bonchev–Trinajstić information content (AvgIpc) is 2.40. The lowest BCUT2D eigenvalue weighted by Gasteiger charge is -2.23. The van der Waals surface area contributed by atoms with Gasteiger partial charge < -0.3 is 10.1 Å². The number of halogens is 1. The maximum absolute atomic E-state index is 6.11. The lowest BCUT2D eigenvalue weighted by atomic mass is 9.98. The molecule has 0 unspecified atom stereocenters. The largest absolute Gasteiger partial charge is 0.490 e. The van der Waals surface area contributed by atoms with Gasteiger partial charge in [-0.2, -0.15) is 0 Å². The van der Waals surface area contributed by atoms with Crippen molar-refractivity contribution in [3.05, 3.63) is 28.2 Å². The van der Waals surface area contributed by atoms with E-state index >= 15 is 0 Å². The first-order valence-corrected chi connectivity index (χ1v) is 8.13. The average molecular weight is 326 g/mol. The van der Waals surface area contributed by atoms with Gasteiger partial charge in [-0.15, -0.1) is 0 Å². The molecule has 1 aromatic carbocycles. The predicted octanol–water partition coefficient (Wildman–Crippen LogP) is 4.66. The fourth-order valence-corrected chi connectivity index (χ4v) is 2.84. The highest BCUT2D eigenvalue weighted by Gasteiger charge is 2.15. The molecule has 0 aliphatic heterocycles. The second kappa shape index (κ2) is 7.30. The van der Waals surface area contributed by atoms with E-state index in [0.717, 1.165) is 16.8 Å². The highest BCUT2D eigenvalue weighted by atomic mass is 79.9. The molecule has 1 saturated carbocycles. The van der Waals surface area contributed by atoms with E-state index < -0.39 is 0 Å². The van der Waals surface area contributed by atoms with E-state index in [2.05, 4.69) is 53.3 Å². The SMILES string of the molecule is CC(C)NCc1cc(OC2CCCCC2)ccc1Br. The quantitative estimate of drug-likeness (QED) is 0.850. The molecule has 19 heavy (non-hydrogen) atoms. The highest BCUT2D eigenvalue weighted by Crippen LogP contribution is 2.27. The third kappa shape index (κ3) is 4.81. The maximum Gasteiger partial charge on any atom is 0.120 e. The van der Waals surface area contributed by atoms with Gasteiger partial charge in [0, 0.05) is 17.1 Å². The summed E-state index contributed by atoms with van der Waals surface area (Å²) in [7, 11) is 0. The molecule has 1 N–H and O–H groups in total. The molecule has 1 aliphatic rings. The summed E-state index contributed by atoms with van der Waals surface area (Å²) in [6, 6.07) is 6.82. The number of ether oxygens (including phenoxy) is 1. The van der Waals surface area contributed by atoms with Crippen molar-refractivity contribution >= 4 is 15.9 Å². The van der Waals surface area contributed by atoms with Gasteiger partial charge in [0.2, 0.25) is 0 Å². The summed E-state index contributed by atoms with van der Waals surface area (Å²) in [6.07, 6.45) is 6.81. The van der Waals surface area contributed by atoms with Crippen molar-refractivity contribution in [3.63, 3.8) is 0 Å². The molecule has 1 fully saturated rings. The van der Waals surface area contributed by atoms with E-state index in [-0.39, 0.29) is 0 Å². The third-order valence-corrected chi connectivity index (χ3v) is 4.35. The lowest BCUT2D eigenvalue weighted by Crippen LogP contribution is -2.22. The summed E-state index contributed by atoms with van der Waals surface area (Å²) in [5.74, 6) is 1.01. The van der Waals surface area contributed by atoms with Crippen LogP contribution in [0.15, 0.2) is 22.7 Å². The zero-order valence-corrected chi connectivity index (χ0v) is 13.5. The predicted molar refractivity (Wildman–Crippen MR) is 83.6 cm³/mol. The van der Waals surface area contributed by atoms with Crippen molar-refractivity contribution in [2.24, 2.45) is 0 Å². The Labute approximate surface area is 125 Å². The van der Waals surface area contributed by atoms with Crippen molar-refractivity contribution in [2.45, 2.75) is 64.6 Å². The van der Waals surface area contributed by atoms with Crippen LogP contribution in [0.25, 0.3) is 0 Å². The van der Waals surface area contributed by atoms with Gasteiger partial charge in [-0.1, -0.05) is 36.2 Å². The molecule has 1 aromatic rings. The van der Waals surface area contributed by atoms with Crippen LogP contribution < -0.4 is 10.1 Å². The van der Waals surface area contributed by atoms with E-state index in [1.54, 1.807) is 0 Å². The van der Waals surface area contributed by atoms with Crippen molar-refractivity contribution in [1.82, 2.24) is 5.32 Å². The number of rotatable bonds is 5. The molecule has 0 spiro atoms. The normalized spacial score (nSPS) is 16.8. The Morgan fingerprint density at radius 2 is 2.00 bits per heavy atom. The molecule has 2 rings (SSSR count). The monoisotopic (exact) mass is 325 g/mol. The summed E-state index contributed by atoms with van der Waals surface area (Å²) >= 11 is 3.61. The first-order valence-electron chi connectivity index (χ1n) is 7.33. The number of benzene rings is 1. The summed E-state index contributed by atoms with van der Waals surface area (Å²) < 4.78 is 7.26. The van der Waals surface area contributed by atoms with E-state index in [1.807, 2.05) is 0 Å². The van der Waals surface area contributed by atoms with Crippen LogP contribution in [-0.2, 0) is 6.54 Å². The van der Waals surface area contributed by atoms with Gasteiger partial charge in [0.15, 0.2) is 0 Å². The standard InChI is InChI=1S/C16H24BrNO/c1-12(2)18-11-13-10-15(8-9-16(13)17)19-14-6-4-3-5-7-14/h8-10,12,14,18H,3-7,11H2,1-2H3. The van der Waals surface area contributed by atoms with Crippen LogP contribution >= 0.6 is 15.9 Å². The zero-order chi connectivity index (χ0) is 13.7. The first-order chi connectivity index (χ1) is 9.15. The lowest BCUT2D eigenvalue weighted by molar-refractivity contribution is 0.155. The van der Waals surface area contributed by atoms with Crippen LogP contribution in [-0.4, -0.2) is 12.1 Å². The minimum atomic E-state index is 0.417. The van der Waals surface area contributed by atoms with Crippen LogP contribution in [0, 0.1) is 0 Å². The molecule has 0 amide bonds. The minimum Gasteiger partial charge on any atom is -0.490 e. The molecular weight excluding hydrogens is 302 g/mol. The second-order valence-electron chi connectivity index (χ2n) is 5.67. The van der Waals surface area contributed by atoms with E-state index in [1.165, 1.54) is 37.7 Å². The van der Waals surface area contributed by atoms with E-state index in [0.29, 0.717) is 12.1 Å². The van der Waals surface area contributed by atoms with Crippen LogP contribution in [0.3, 0.4) is 0 Å². The summed E-state index contributed by atoms with van der Waals surface area (Å²) in [4.78, 5) is 0. The van der Waals surface area contributed by atoms with Crippen LogP contribution in [0.5, 0.6) is 5.75 Å². The van der Waals surface area contributed by atoms with Crippen molar-refractivity contribution in [1.29, 1.82) is 0 Å². The van der Waals surface area contributed by atoms with E-state index in [9.17, 15) is 0 Å². The molecular formula is C16H24BrNO. The van der Waals surface area contributed by atoms with Crippen LogP contribution in [0.2, 0.25) is 0 Å². The Morgan fingerprint density at radius 3 is 2.68 bits per heavy atom. The van der Waals surface area contributed by atoms with Crippen molar-refractivity contribution in [3.8, 4) is 5.75 Å². The van der Waals surface area contributed by atoms with Crippen LogP contribution in [0.1, 0.15) is 51.5 Å². The Morgan fingerprint density at radius 1 is 1.26 bits per heavy atom. The highest BCUT2D eigenvalue weighted by molar-refractivity contribution is 9.10. The third-order valence-electron chi connectivity index (χ3n) is 3.57. The summed E-state index contributed by atoms with van der Waals surface area (Å²) in [5.41, 5.74) is 1.27. The van der Waals surface area contributed by atoms with Gasteiger partial charge in [-0.3, -0.25) is 0 Å². The molecule has 0 saturated heterocycles. The number of hydrogen-bond donors (Lipinski definition) is 1. The molecule has 0 bridgehead atoms. The van der Waals surface area contributed by atoms with Crippen LogP contribution in [0.4, 0.5) is 0 Å². The molecule has 0 heterocycles. The summed E-state index contributed by atoms with van der Waals surface area (Å²) in [5, 5.41) is 3.45. The molecule has 106 valence electrons. The topological polar surface area (TPSA) is 21.3 Å². The Bertz CT molecular complexity index is 400. The summed E-state index contributed by atoms with van der Waals surface area (Å²) in [6.45, 7) is 5.20. The van der Waals surface area contributed by atoms with Crippen molar-refractivity contribution in [2.75, 3.05) is 0 Å². The van der Waals surface area contributed by atoms with Gasteiger partial charge in [-0.05, 0) is 49.4 Å². The fourth-order valence-electron chi connectivity index (χ4n) is 2.45. The second-order valence-corrected chi connectivity index (χ2v) is 6.52. The van der Waals surface area contributed by atoms with Gasteiger partial charge in [0.1, 0.15) is 5.75 Å². The molecule has 0 aromatic heterocycles. The molecule has 1 aliphatic carbocycles. The Hall–Kier alpha value is -0.540. The molecule has 2 nitrogen and oxygen atoms in total. The Kier molecular flexibility index (Phi) is 5.71. The van der Waals surface area contributed by atoms with E-state index in [4.69, 9.17) is 4.74 Å². The smallest absolute Gasteiger partial charge is 0.120 e. The van der Waals surface area contributed by atoms with Crippen molar-refractivity contribution < 1.29 is 4.74 Å². The first kappa shape index (κ1) is 14.9. The Balaban J connectivity index is 1.98. The van der Waals surface area contributed by atoms with Gasteiger partial charge >= 0.3 is 0 Å². The minimum absolute atomic E-state index is 0.417. The molecule has 3 heteroatoms. The molecule has 0 radical (unpaired) electrons. The van der Waals surface area contributed by atoms with Gasteiger partial charge in [-0.25, -0.2) is 0 Å². The fraction of sp³-hybridized carbons (Fsp3) is 0.625. The van der Waals surface area contributed by atoms with Gasteiger partial charge in [0.05, 0.1) is 6.10 Å². The number of nitrogens with one attached hydrogen (secondary N) is 1. The number of hydrogen-bond acceptors (Lipinski definition) is 2.